The van der Waals surface area contributed by atoms with Gasteiger partial charge in [0.15, 0.2) is 0 Å². The van der Waals surface area contributed by atoms with Gasteiger partial charge in [-0.25, -0.2) is 4.79 Å². The van der Waals surface area contributed by atoms with E-state index in [0.717, 1.165) is 10.5 Å². The molecule has 0 aliphatic rings. The van der Waals surface area contributed by atoms with E-state index in [-0.39, 0.29) is 18.0 Å². The fraction of sp³-hybridized carbons (Fsp3) is 0.0500. The first kappa shape index (κ1) is 19.7. The maximum atomic E-state index is 12.0. The molecule has 0 fully saturated rings. The molecule has 0 saturated carbocycles. The predicted molar refractivity (Wildman–Crippen MR) is 109 cm³/mol. The summed E-state index contributed by atoms with van der Waals surface area (Å²) in [7, 11) is 0. The molecule has 142 valence electrons. The normalized spacial score (nSPS) is 10.3. The molecule has 8 heteroatoms. The molecule has 0 aliphatic carbocycles. The highest BCUT2D eigenvalue weighted by atomic mass is 35.5. The second-order valence-corrected chi connectivity index (χ2v) is 7.30. The molecule has 1 amide bonds. The lowest BCUT2D eigenvalue weighted by molar-refractivity contribution is -0.385. The minimum Gasteiger partial charge on any atom is -0.444 e. The number of hydrogen-bond acceptors (Lipinski definition) is 5. The molecule has 3 aromatic rings. The van der Waals surface area contributed by atoms with Gasteiger partial charge in [-0.2, -0.15) is 0 Å². The molecular formula is C20H15ClN2O4S. The maximum Gasteiger partial charge on any atom is 0.411 e. The molecule has 6 nitrogen and oxygen atoms in total. The Hall–Kier alpha value is -3.03. The summed E-state index contributed by atoms with van der Waals surface area (Å²) in [6, 6.07) is 20.7. The second kappa shape index (κ2) is 9.25. The number of ether oxygens (including phenoxy) is 1. The van der Waals surface area contributed by atoms with Gasteiger partial charge in [-0.1, -0.05) is 53.7 Å². The number of rotatable bonds is 6. The summed E-state index contributed by atoms with van der Waals surface area (Å²) in [6.07, 6.45) is -0.688. The number of carbonyl (C=O) groups is 1. The number of non-ortho nitro benzene ring substituents is 1. The molecule has 0 aromatic heterocycles. The van der Waals surface area contributed by atoms with Crippen LogP contribution in [0.1, 0.15) is 5.56 Å². The van der Waals surface area contributed by atoms with Crippen LogP contribution in [0.4, 0.5) is 16.2 Å². The Bertz CT molecular complexity index is 981. The van der Waals surface area contributed by atoms with Gasteiger partial charge in [0.2, 0.25) is 0 Å². The molecular weight excluding hydrogens is 400 g/mol. The average Bonchev–Trinajstić information content (AvgIpc) is 2.69. The van der Waals surface area contributed by atoms with Gasteiger partial charge >= 0.3 is 6.09 Å². The van der Waals surface area contributed by atoms with Crippen molar-refractivity contribution in [1.29, 1.82) is 0 Å². The zero-order valence-corrected chi connectivity index (χ0v) is 16.1. The zero-order chi connectivity index (χ0) is 19.9. The third-order valence-electron chi connectivity index (χ3n) is 3.61. The Morgan fingerprint density at radius 1 is 1.04 bits per heavy atom. The molecule has 1 N–H and O–H groups in total. The van der Waals surface area contributed by atoms with Crippen LogP contribution < -0.4 is 5.32 Å². The van der Waals surface area contributed by atoms with Crippen molar-refractivity contribution in [1.82, 2.24) is 0 Å². The van der Waals surface area contributed by atoms with E-state index < -0.39 is 11.0 Å². The predicted octanol–water partition coefficient (Wildman–Crippen LogP) is 6.15. The molecule has 3 rings (SSSR count). The summed E-state index contributed by atoms with van der Waals surface area (Å²) in [5.41, 5.74) is 0.997. The van der Waals surface area contributed by atoms with Crippen molar-refractivity contribution in [2.24, 2.45) is 0 Å². The highest BCUT2D eigenvalue weighted by Gasteiger charge is 2.13. The molecule has 0 saturated heterocycles. The topological polar surface area (TPSA) is 81.5 Å². The third-order valence-corrected chi connectivity index (χ3v) is 4.84. The first-order valence-corrected chi connectivity index (χ1v) is 9.40. The number of nitrogens with one attached hydrogen (secondary N) is 1. The monoisotopic (exact) mass is 414 g/mol. The van der Waals surface area contributed by atoms with Crippen LogP contribution in [-0.2, 0) is 11.3 Å². The van der Waals surface area contributed by atoms with Gasteiger partial charge in [0.1, 0.15) is 6.61 Å². The Morgan fingerprint density at radius 3 is 2.43 bits per heavy atom. The van der Waals surface area contributed by atoms with Crippen LogP contribution in [0.25, 0.3) is 0 Å². The van der Waals surface area contributed by atoms with Gasteiger partial charge < -0.3 is 4.74 Å². The third kappa shape index (κ3) is 5.73. The number of amides is 1. The number of nitro groups is 1. The molecule has 0 spiro atoms. The first-order valence-electron chi connectivity index (χ1n) is 8.20. The van der Waals surface area contributed by atoms with E-state index >= 15 is 0 Å². The summed E-state index contributed by atoms with van der Waals surface area (Å²) in [5.74, 6) is 0. The zero-order valence-electron chi connectivity index (χ0n) is 14.5. The van der Waals surface area contributed by atoms with Gasteiger partial charge in [0.25, 0.3) is 5.69 Å². The Balaban J connectivity index is 1.72. The lowest BCUT2D eigenvalue weighted by Gasteiger charge is -2.09. The molecule has 0 atom stereocenters. The van der Waals surface area contributed by atoms with Crippen LogP contribution in [0, 0.1) is 10.1 Å². The van der Waals surface area contributed by atoms with Crippen LogP contribution in [0.2, 0.25) is 5.02 Å². The van der Waals surface area contributed by atoms with Crippen molar-refractivity contribution in [2.75, 3.05) is 5.32 Å². The molecule has 0 bridgehead atoms. The lowest BCUT2D eigenvalue weighted by Crippen LogP contribution is -2.13. The molecule has 0 heterocycles. The quantitative estimate of drug-likeness (QED) is 0.386. The minimum absolute atomic E-state index is 0.105. The van der Waals surface area contributed by atoms with E-state index in [0.29, 0.717) is 9.92 Å². The summed E-state index contributed by atoms with van der Waals surface area (Å²) >= 11 is 7.20. The average molecular weight is 415 g/mol. The van der Waals surface area contributed by atoms with E-state index in [1.807, 2.05) is 42.5 Å². The molecule has 0 radical (unpaired) electrons. The van der Waals surface area contributed by atoms with Crippen molar-refractivity contribution in [3.05, 3.63) is 93.5 Å². The first-order chi connectivity index (χ1) is 13.5. The number of benzene rings is 3. The van der Waals surface area contributed by atoms with Crippen molar-refractivity contribution < 1.29 is 14.5 Å². The maximum absolute atomic E-state index is 12.0. The van der Waals surface area contributed by atoms with Gasteiger partial charge in [0, 0.05) is 26.9 Å². The van der Waals surface area contributed by atoms with E-state index in [4.69, 9.17) is 16.3 Å². The van der Waals surface area contributed by atoms with Crippen LogP contribution in [0.15, 0.2) is 82.6 Å². The Labute approximate surface area is 170 Å². The molecule has 28 heavy (non-hydrogen) atoms. The van der Waals surface area contributed by atoms with Gasteiger partial charge in [-0.3, -0.25) is 15.4 Å². The van der Waals surface area contributed by atoms with Crippen LogP contribution in [0.5, 0.6) is 0 Å². The van der Waals surface area contributed by atoms with Gasteiger partial charge in [0.05, 0.1) is 10.6 Å². The molecule has 0 aliphatic heterocycles. The standard InChI is InChI=1S/C20H15ClN2O4S/c21-15-6-8-18(9-7-15)28-19-11-16(10-17(12-19)23(25)26)22-20(24)27-13-14-4-2-1-3-5-14/h1-12H,13H2,(H,22,24). The van der Waals surface area contributed by atoms with Crippen molar-refractivity contribution in [3.8, 4) is 0 Å². The van der Waals surface area contributed by atoms with Gasteiger partial charge in [-0.15, -0.1) is 0 Å². The van der Waals surface area contributed by atoms with Gasteiger partial charge in [-0.05, 0) is 35.9 Å². The van der Waals surface area contributed by atoms with E-state index in [2.05, 4.69) is 5.32 Å². The van der Waals surface area contributed by atoms with E-state index in [1.54, 1.807) is 18.2 Å². The largest absolute Gasteiger partial charge is 0.444 e. The molecule has 3 aromatic carbocycles. The van der Waals surface area contributed by atoms with Crippen LogP contribution in [0.3, 0.4) is 0 Å². The Kier molecular flexibility index (Phi) is 6.52. The number of anilines is 1. The second-order valence-electron chi connectivity index (χ2n) is 5.72. The number of carbonyl (C=O) groups excluding carboxylic acids is 1. The fourth-order valence-electron chi connectivity index (χ4n) is 2.34. The fourth-order valence-corrected chi connectivity index (χ4v) is 3.37. The summed E-state index contributed by atoms with van der Waals surface area (Å²) in [5, 5.41) is 14.4. The summed E-state index contributed by atoms with van der Waals surface area (Å²) < 4.78 is 5.16. The van der Waals surface area contributed by atoms with Crippen LogP contribution >= 0.6 is 23.4 Å². The summed E-state index contributed by atoms with van der Waals surface area (Å²) in [6.45, 7) is 0.105. The van der Waals surface area contributed by atoms with E-state index in [9.17, 15) is 14.9 Å². The summed E-state index contributed by atoms with van der Waals surface area (Å²) in [4.78, 5) is 24.2. The van der Waals surface area contributed by atoms with Crippen molar-refractivity contribution >= 4 is 40.8 Å². The van der Waals surface area contributed by atoms with Crippen molar-refractivity contribution in [3.63, 3.8) is 0 Å². The SMILES string of the molecule is O=C(Nc1cc(Sc2ccc(Cl)cc2)cc([N+](=O)[O-])c1)OCc1ccccc1. The molecule has 0 unspecified atom stereocenters. The van der Waals surface area contributed by atoms with Crippen LogP contribution in [-0.4, -0.2) is 11.0 Å². The highest BCUT2D eigenvalue weighted by Crippen LogP contribution is 2.33. The lowest BCUT2D eigenvalue weighted by atomic mass is 10.2. The smallest absolute Gasteiger partial charge is 0.411 e. The number of halogens is 1. The van der Waals surface area contributed by atoms with Crippen molar-refractivity contribution in [2.45, 2.75) is 16.4 Å². The Morgan fingerprint density at radius 2 is 1.75 bits per heavy atom. The number of nitrogens with zero attached hydrogens (tertiary/aromatic N) is 1. The number of hydrogen-bond donors (Lipinski definition) is 1. The highest BCUT2D eigenvalue weighted by molar-refractivity contribution is 7.99. The van der Waals surface area contributed by atoms with E-state index in [1.165, 1.54) is 23.9 Å². The number of nitro benzene ring substituents is 1. The minimum atomic E-state index is -0.688.